The predicted octanol–water partition coefficient (Wildman–Crippen LogP) is 3.38. The standard InChI is InChI=1S/C14H15ClO2/c1-10(8-15)9-17-12-5-6-13-11(7-12)3-2-4-14(13)16/h5-7H,1-4,8-9H2. The van der Waals surface area contributed by atoms with Gasteiger partial charge < -0.3 is 4.74 Å². The first-order valence-electron chi connectivity index (χ1n) is 5.72. The fraction of sp³-hybridized carbons (Fsp3) is 0.357. The van der Waals surface area contributed by atoms with E-state index in [2.05, 4.69) is 6.58 Å². The summed E-state index contributed by atoms with van der Waals surface area (Å²) in [7, 11) is 0. The van der Waals surface area contributed by atoms with Gasteiger partial charge in [-0.1, -0.05) is 6.58 Å². The van der Waals surface area contributed by atoms with E-state index in [1.165, 1.54) is 0 Å². The number of fused-ring (bicyclic) bond motifs is 1. The molecule has 0 unspecified atom stereocenters. The van der Waals surface area contributed by atoms with Crippen molar-refractivity contribution in [3.63, 3.8) is 0 Å². The third-order valence-corrected chi connectivity index (χ3v) is 3.24. The monoisotopic (exact) mass is 250 g/mol. The summed E-state index contributed by atoms with van der Waals surface area (Å²) in [6, 6.07) is 5.65. The van der Waals surface area contributed by atoms with Crippen LogP contribution in [0.25, 0.3) is 0 Å². The van der Waals surface area contributed by atoms with Gasteiger partial charge in [0.2, 0.25) is 0 Å². The van der Waals surface area contributed by atoms with E-state index in [4.69, 9.17) is 16.3 Å². The van der Waals surface area contributed by atoms with Crippen molar-refractivity contribution in [3.8, 4) is 5.75 Å². The zero-order valence-corrected chi connectivity index (χ0v) is 10.4. The number of hydrogen-bond acceptors (Lipinski definition) is 2. The summed E-state index contributed by atoms with van der Waals surface area (Å²) in [5, 5.41) is 0. The van der Waals surface area contributed by atoms with Gasteiger partial charge in [-0.05, 0) is 42.2 Å². The van der Waals surface area contributed by atoms with E-state index in [9.17, 15) is 4.79 Å². The SMILES string of the molecule is C=C(CCl)COc1ccc2c(c1)CCCC2=O. The van der Waals surface area contributed by atoms with Crippen molar-refractivity contribution >= 4 is 17.4 Å². The molecular weight excluding hydrogens is 236 g/mol. The molecule has 0 fully saturated rings. The summed E-state index contributed by atoms with van der Waals surface area (Å²) in [5.74, 6) is 1.43. The van der Waals surface area contributed by atoms with Crippen LogP contribution in [0.3, 0.4) is 0 Å². The highest BCUT2D eigenvalue weighted by atomic mass is 35.5. The molecule has 1 aliphatic carbocycles. The molecule has 17 heavy (non-hydrogen) atoms. The van der Waals surface area contributed by atoms with Crippen molar-refractivity contribution < 1.29 is 9.53 Å². The topological polar surface area (TPSA) is 26.3 Å². The Kier molecular flexibility index (Phi) is 3.85. The minimum Gasteiger partial charge on any atom is -0.489 e. The first kappa shape index (κ1) is 12.2. The number of ether oxygens (including phenoxy) is 1. The molecule has 0 spiro atoms. The van der Waals surface area contributed by atoms with Crippen molar-refractivity contribution in [2.45, 2.75) is 19.3 Å². The number of ketones is 1. The number of rotatable bonds is 4. The number of halogens is 1. The number of benzene rings is 1. The summed E-state index contributed by atoms with van der Waals surface area (Å²) in [4.78, 5) is 11.6. The minimum absolute atomic E-state index is 0.239. The Morgan fingerprint density at radius 1 is 1.41 bits per heavy atom. The Morgan fingerprint density at radius 2 is 2.24 bits per heavy atom. The molecule has 3 heteroatoms. The normalized spacial score (nSPS) is 14.3. The largest absolute Gasteiger partial charge is 0.489 e. The number of carbonyl (C=O) groups is 1. The van der Waals surface area contributed by atoms with E-state index in [-0.39, 0.29) is 5.78 Å². The molecule has 0 aliphatic heterocycles. The first-order chi connectivity index (χ1) is 8.20. The molecule has 0 N–H and O–H groups in total. The summed E-state index contributed by atoms with van der Waals surface area (Å²) >= 11 is 5.63. The van der Waals surface area contributed by atoms with Crippen molar-refractivity contribution in [1.82, 2.24) is 0 Å². The van der Waals surface area contributed by atoms with E-state index in [0.717, 1.165) is 35.3 Å². The lowest BCUT2D eigenvalue weighted by Gasteiger charge is -2.16. The van der Waals surface area contributed by atoms with Crippen molar-refractivity contribution in [2.24, 2.45) is 0 Å². The zero-order chi connectivity index (χ0) is 12.3. The molecule has 0 heterocycles. The van der Waals surface area contributed by atoms with Crippen LogP contribution in [0.15, 0.2) is 30.4 Å². The van der Waals surface area contributed by atoms with Gasteiger partial charge in [0.05, 0.1) is 0 Å². The molecule has 0 amide bonds. The molecule has 0 radical (unpaired) electrons. The molecule has 2 rings (SSSR count). The number of alkyl halides is 1. The Morgan fingerprint density at radius 3 is 3.00 bits per heavy atom. The number of hydrogen-bond donors (Lipinski definition) is 0. The smallest absolute Gasteiger partial charge is 0.163 e. The number of Topliss-reactive ketones (excluding diaryl/α,β-unsaturated/α-hetero) is 1. The molecule has 90 valence electrons. The van der Waals surface area contributed by atoms with Gasteiger partial charge in [0.25, 0.3) is 0 Å². The third-order valence-electron chi connectivity index (χ3n) is 2.86. The van der Waals surface area contributed by atoms with Crippen LogP contribution >= 0.6 is 11.6 Å². The summed E-state index contributed by atoms with van der Waals surface area (Å²) in [6.45, 7) is 4.20. The van der Waals surface area contributed by atoms with Crippen LogP contribution < -0.4 is 4.74 Å². The number of aryl methyl sites for hydroxylation is 1. The zero-order valence-electron chi connectivity index (χ0n) is 9.67. The molecule has 0 atom stereocenters. The van der Waals surface area contributed by atoms with E-state index >= 15 is 0 Å². The van der Waals surface area contributed by atoms with E-state index in [1.807, 2.05) is 18.2 Å². The Balaban J connectivity index is 2.11. The predicted molar refractivity (Wildman–Crippen MR) is 69.1 cm³/mol. The molecule has 1 aromatic carbocycles. The van der Waals surface area contributed by atoms with Gasteiger partial charge in [0, 0.05) is 17.9 Å². The van der Waals surface area contributed by atoms with Crippen LogP contribution in [0.5, 0.6) is 5.75 Å². The fourth-order valence-corrected chi connectivity index (χ4v) is 2.01. The van der Waals surface area contributed by atoms with Gasteiger partial charge in [-0.2, -0.15) is 0 Å². The van der Waals surface area contributed by atoms with Crippen LogP contribution in [-0.4, -0.2) is 18.3 Å². The fourth-order valence-electron chi connectivity index (χ4n) is 1.94. The van der Waals surface area contributed by atoms with Crippen LogP contribution in [0.1, 0.15) is 28.8 Å². The van der Waals surface area contributed by atoms with Gasteiger partial charge >= 0.3 is 0 Å². The maximum atomic E-state index is 11.6. The van der Waals surface area contributed by atoms with Crippen LogP contribution in [0.2, 0.25) is 0 Å². The Hall–Kier alpha value is -1.28. The second-order valence-electron chi connectivity index (χ2n) is 4.27. The van der Waals surface area contributed by atoms with Gasteiger partial charge in [-0.15, -0.1) is 11.6 Å². The van der Waals surface area contributed by atoms with Crippen molar-refractivity contribution in [2.75, 3.05) is 12.5 Å². The van der Waals surface area contributed by atoms with Gasteiger partial charge in [0.15, 0.2) is 5.78 Å². The average Bonchev–Trinajstić information content (AvgIpc) is 2.36. The Bertz CT molecular complexity index is 452. The lowest BCUT2D eigenvalue weighted by molar-refractivity contribution is 0.0972. The molecule has 1 aromatic rings. The first-order valence-corrected chi connectivity index (χ1v) is 6.25. The summed E-state index contributed by atoms with van der Waals surface area (Å²) in [6.07, 6.45) is 2.55. The average molecular weight is 251 g/mol. The van der Waals surface area contributed by atoms with Gasteiger partial charge in [-0.25, -0.2) is 0 Å². The lowest BCUT2D eigenvalue weighted by Crippen LogP contribution is -2.11. The van der Waals surface area contributed by atoms with E-state index in [1.54, 1.807) is 0 Å². The van der Waals surface area contributed by atoms with E-state index in [0.29, 0.717) is 18.9 Å². The highest BCUT2D eigenvalue weighted by Gasteiger charge is 2.17. The summed E-state index contributed by atoms with van der Waals surface area (Å²) in [5.41, 5.74) is 2.79. The van der Waals surface area contributed by atoms with E-state index < -0.39 is 0 Å². The maximum Gasteiger partial charge on any atom is 0.163 e. The van der Waals surface area contributed by atoms with Gasteiger partial charge in [-0.3, -0.25) is 4.79 Å². The van der Waals surface area contributed by atoms with Crippen molar-refractivity contribution in [3.05, 3.63) is 41.5 Å². The molecule has 0 aromatic heterocycles. The highest BCUT2D eigenvalue weighted by molar-refractivity contribution is 6.19. The Labute approximate surface area is 106 Å². The quantitative estimate of drug-likeness (QED) is 0.605. The highest BCUT2D eigenvalue weighted by Crippen LogP contribution is 2.25. The maximum absolute atomic E-state index is 11.6. The van der Waals surface area contributed by atoms with Crippen LogP contribution in [0, 0.1) is 0 Å². The minimum atomic E-state index is 0.239. The molecular formula is C14H15ClO2. The molecule has 2 nitrogen and oxygen atoms in total. The molecule has 0 saturated carbocycles. The number of carbonyl (C=O) groups excluding carboxylic acids is 1. The van der Waals surface area contributed by atoms with Crippen molar-refractivity contribution in [1.29, 1.82) is 0 Å². The van der Waals surface area contributed by atoms with Crippen LogP contribution in [-0.2, 0) is 6.42 Å². The molecule has 0 bridgehead atoms. The lowest BCUT2D eigenvalue weighted by atomic mass is 9.90. The van der Waals surface area contributed by atoms with Gasteiger partial charge in [0.1, 0.15) is 12.4 Å². The van der Waals surface area contributed by atoms with Crippen LogP contribution in [0.4, 0.5) is 0 Å². The molecule has 1 aliphatic rings. The second kappa shape index (κ2) is 5.37. The molecule has 0 saturated heterocycles. The third kappa shape index (κ3) is 2.89. The summed E-state index contributed by atoms with van der Waals surface area (Å²) < 4.78 is 5.56. The second-order valence-corrected chi connectivity index (χ2v) is 4.54.